The number of imide groups is 1. The van der Waals surface area contributed by atoms with Crippen molar-refractivity contribution in [3.05, 3.63) is 46.7 Å². The molecule has 0 saturated carbocycles. The first-order chi connectivity index (χ1) is 13.0. The lowest BCUT2D eigenvalue weighted by Crippen LogP contribution is -2.48. The number of nitrogens with zero attached hydrogens (tertiary/aromatic N) is 4. The zero-order chi connectivity index (χ0) is 19.1. The highest BCUT2D eigenvalue weighted by Gasteiger charge is 2.39. The number of hydrogen-bond donors (Lipinski definition) is 0. The van der Waals surface area contributed by atoms with Gasteiger partial charge in [0.05, 0.1) is 24.3 Å². The molecular weight excluding hydrogens is 352 g/mol. The van der Waals surface area contributed by atoms with E-state index in [1.807, 2.05) is 6.92 Å². The zero-order valence-electron chi connectivity index (χ0n) is 15.0. The highest BCUT2D eigenvalue weighted by molar-refractivity contribution is 6.22. The van der Waals surface area contributed by atoms with Crippen LogP contribution < -0.4 is 0 Å². The molecule has 140 valence electrons. The molecule has 0 aliphatic carbocycles. The normalized spacial score (nSPS) is 19.6. The summed E-state index contributed by atoms with van der Waals surface area (Å²) in [5.74, 6) is -0.616. The fourth-order valence-corrected chi connectivity index (χ4v) is 3.33. The first-order valence-electron chi connectivity index (χ1n) is 8.60. The van der Waals surface area contributed by atoms with Gasteiger partial charge in [-0.25, -0.2) is 0 Å². The standard InChI is InChI=1S/C18H18N4O5/c1-10-3-4-12-13(7-10)18(25)22(17(12)24)8-15(23)21-5-6-26-9-14(21)16-20-19-11(2)27-16/h3-4,7,14H,5-6,8-9H2,1-2H3. The Labute approximate surface area is 154 Å². The summed E-state index contributed by atoms with van der Waals surface area (Å²) in [4.78, 5) is 40.6. The Bertz CT molecular complexity index is 938. The third-order valence-electron chi connectivity index (χ3n) is 4.70. The summed E-state index contributed by atoms with van der Waals surface area (Å²) in [5.41, 5.74) is 1.53. The Morgan fingerprint density at radius 3 is 2.70 bits per heavy atom. The van der Waals surface area contributed by atoms with Crippen molar-refractivity contribution in [3.63, 3.8) is 0 Å². The van der Waals surface area contributed by atoms with Gasteiger partial charge in [0.2, 0.25) is 17.7 Å². The van der Waals surface area contributed by atoms with Gasteiger partial charge < -0.3 is 14.1 Å². The minimum atomic E-state index is -0.537. The average Bonchev–Trinajstić information content (AvgIpc) is 3.19. The molecule has 1 aromatic heterocycles. The van der Waals surface area contributed by atoms with Crippen molar-refractivity contribution < 1.29 is 23.5 Å². The van der Waals surface area contributed by atoms with E-state index in [-0.39, 0.29) is 24.9 Å². The van der Waals surface area contributed by atoms with E-state index in [1.54, 1.807) is 25.1 Å². The number of carbonyl (C=O) groups is 3. The van der Waals surface area contributed by atoms with Gasteiger partial charge in [0.25, 0.3) is 11.8 Å². The maximum absolute atomic E-state index is 12.9. The van der Waals surface area contributed by atoms with E-state index in [1.165, 1.54) is 4.90 Å². The predicted octanol–water partition coefficient (Wildman–Crippen LogP) is 0.883. The quantitative estimate of drug-likeness (QED) is 0.739. The second kappa shape index (κ2) is 6.58. The van der Waals surface area contributed by atoms with E-state index in [9.17, 15) is 14.4 Å². The van der Waals surface area contributed by atoms with Crippen LogP contribution in [-0.4, -0.2) is 64.0 Å². The number of aryl methyl sites for hydroxylation is 2. The molecule has 1 unspecified atom stereocenters. The molecule has 9 heteroatoms. The second-order valence-corrected chi connectivity index (χ2v) is 6.58. The van der Waals surface area contributed by atoms with Crippen LogP contribution in [0, 0.1) is 13.8 Å². The maximum atomic E-state index is 12.9. The van der Waals surface area contributed by atoms with Gasteiger partial charge in [-0.1, -0.05) is 11.6 Å². The largest absolute Gasteiger partial charge is 0.423 e. The summed E-state index contributed by atoms with van der Waals surface area (Å²) in [5, 5.41) is 7.76. The molecule has 1 saturated heterocycles. The number of amides is 3. The Morgan fingerprint density at radius 2 is 1.96 bits per heavy atom. The molecular formula is C18H18N4O5. The molecule has 1 fully saturated rings. The van der Waals surface area contributed by atoms with Crippen LogP contribution in [0.3, 0.4) is 0 Å². The molecule has 2 aromatic rings. The highest BCUT2D eigenvalue weighted by Crippen LogP contribution is 2.26. The minimum Gasteiger partial charge on any atom is -0.423 e. The lowest BCUT2D eigenvalue weighted by atomic mass is 10.1. The van der Waals surface area contributed by atoms with Crippen molar-refractivity contribution in [1.82, 2.24) is 20.0 Å². The number of aromatic nitrogens is 2. The average molecular weight is 370 g/mol. The van der Waals surface area contributed by atoms with E-state index in [0.717, 1.165) is 10.5 Å². The van der Waals surface area contributed by atoms with Crippen LogP contribution in [0.15, 0.2) is 22.6 Å². The minimum absolute atomic E-state index is 0.217. The molecule has 4 rings (SSSR count). The Morgan fingerprint density at radius 1 is 1.19 bits per heavy atom. The number of rotatable bonds is 3. The predicted molar refractivity (Wildman–Crippen MR) is 90.9 cm³/mol. The van der Waals surface area contributed by atoms with E-state index < -0.39 is 17.9 Å². The first-order valence-corrected chi connectivity index (χ1v) is 8.60. The van der Waals surface area contributed by atoms with Gasteiger partial charge in [-0.2, -0.15) is 0 Å². The van der Waals surface area contributed by atoms with Crippen molar-refractivity contribution in [2.75, 3.05) is 26.3 Å². The molecule has 2 aliphatic heterocycles. The number of hydrogen-bond acceptors (Lipinski definition) is 7. The topological polar surface area (TPSA) is 106 Å². The van der Waals surface area contributed by atoms with E-state index in [4.69, 9.17) is 9.15 Å². The molecule has 1 aromatic carbocycles. The molecule has 0 radical (unpaired) electrons. The van der Waals surface area contributed by atoms with Crippen LogP contribution in [-0.2, 0) is 9.53 Å². The summed E-state index contributed by atoms with van der Waals surface area (Å²) in [6, 6.07) is 4.52. The lowest BCUT2D eigenvalue weighted by molar-refractivity contribution is -0.141. The van der Waals surface area contributed by atoms with Crippen LogP contribution in [0.5, 0.6) is 0 Å². The number of benzene rings is 1. The number of fused-ring (bicyclic) bond motifs is 1. The van der Waals surface area contributed by atoms with Crippen LogP contribution in [0.2, 0.25) is 0 Å². The van der Waals surface area contributed by atoms with Gasteiger partial charge in [-0.3, -0.25) is 19.3 Å². The second-order valence-electron chi connectivity index (χ2n) is 6.58. The SMILES string of the molecule is Cc1ccc2c(c1)C(=O)N(CC(=O)N1CCOCC1c1nnc(C)o1)C2=O. The smallest absolute Gasteiger partial charge is 0.262 e. The van der Waals surface area contributed by atoms with Gasteiger partial charge >= 0.3 is 0 Å². The molecule has 2 aliphatic rings. The molecule has 27 heavy (non-hydrogen) atoms. The molecule has 9 nitrogen and oxygen atoms in total. The van der Waals surface area contributed by atoms with Crippen molar-refractivity contribution in [2.24, 2.45) is 0 Å². The van der Waals surface area contributed by atoms with Crippen LogP contribution in [0.4, 0.5) is 0 Å². The van der Waals surface area contributed by atoms with E-state index >= 15 is 0 Å². The maximum Gasteiger partial charge on any atom is 0.262 e. The Hall–Kier alpha value is -3.07. The fraction of sp³-hybridized carbons (Fsp3) is 0.389. The van der Waals surface area contributed by atoms with Gasteiger partial charge in [-0.05, 0) is 19.1 Å². The molecule has 3 heterocycles. The van der Waals surface area contributed by atoms with E-state index in [0.29, 0.717) is 30.2 Å². The van der Waals surface area contributed by atoms with Gasteiger partial charge in [0, 0.05) is 13.5 Å². The summed E-state index contributed by atoms with van der Waals surface area (Å²) in [6.07, 6.45) is 0. The van der Waals surface area contributed by atoms with Crippen molar-refractivity contribution in [1.29, 1.82) is 0 Å². The van der Waals surface area contributed by atoms with Crippen LogP contribution in [0.25, 0.3) is 0 Å². The Balaban J connectivity index is 1.55. The lowest BCUT2D eigenvalue weighted by Gasteiger charge is -2.34. The third kappa shape index (κ3) is 2.99. The van der Waals surface area contributed by atoms with Crippen molar-refractivity contribution >= 4 is 17.7 Å². The summed E-state index contributed by atoms with van der Waals surface area (Å²) < 4.78 is 10.9. The summed E-state index contributed by atoms with van der Waals surface area (Å²) >= 11 is 0. The molecule has 0 spiro atoms. The molecule has 0 N–H and O–H groups in total. The van der Waals surface area contributed by atoms with Crippen LogP contribution >= 0.6 is 0 Å². The Kier molecular flexibility index (Phi) is 4.23. The van der Waals surface area contributed by atoms with Crippen molar-refractivity contribution in [3.8, 4) is 0 Å². The number of ether oxygens (including phenoxy) is 1. The molecule has 0 bridgehead atoms. The highest BCUT2D eigenvalue weighted by atomic mass is 16.5. The monoisotopic (exact) mass is 370 g/mol. The molecule has 1 atom stereocenters. The molecule has 3 amide bonds. The first kappa shape index (κ1) is 17.3. The van der Waals surface area contributed by atoms with Crippen molar-refractivity contribution in [2.45, 2.75) is 19.9 Å². The number of carbonyl (C=O) groups excluding carboxylic acids is 3. The summed E-state index contributed by atoms with van der Waals surface area (Å²) in [7, 11) is 0. The third-order valence-corrected chi connectivity index (χ3v) is 4.70. The van der Waals surface area contributed by atoms with Gasteiger partial charge in [0.1, 0.15) is 12.6 Å². The summed E-state index contributed by atoms with van der Waals surface area (Å²) in [6.45, 7) is 4.05. The van der Waals surface area contributed by atoms with Gasteiger partial charge in [-0.15, -0.1) is 10.2 Å². The fourth-order valence-electron chi connectivity index (χ4n) is 3.33. The zero-order valence-corrected chi connectivity index (χ0v) is 15.0. The number of morpholine rings is 1. The van der Waals surface area contributed by atoms with Gasteiger partial charge in [0.15, 0.2) is 0 Å². The van der Waals surface area contributed by atoms with Crippen LogP contribution in [0.1, 0.15) is 44.1 Å². The van der Waals surface area contributed by atoms with E-state index in [2.05, 4.69) is 10.2 Å².